The lowest BCUT2D eigenvalue weighted by Crippen LogP contribution is -2.61. The van der Waals surface area contributed by atoms with Crippen LogP contribution in [0.1, 0.15) is 46.0 Å². The van der Waals surface area contributed by atoms with Gasteiger partial charge < -0.3 is 25.0 Å². The zero-order chi connectivity index (χ0) is 18.4. The topological polar surface area (TPSA) is 99.2 Å². The number of hydrogen-bond acceptors (Lipinski definition) is 4. The lowest BCUT2D eigenvalue weighted by Gasteiger charge is -2.38. The molecule has 0 radical (unpaired) electrons. The van der Waals surface area contributed by atoms with Crippen molar-refractivity contribution in [2.24, 2.45) is 5.92 Å². The van der Waals surface area contributed by atoms with E-state index in [-0.39, 0.29) is 18.0 Å². The highest BCUT2D eigenvalue weighted by atomic mass is 16.6. The highest BCUT2D eigenvalue weighted by Crippen LogP contribution is 2.28. The fourth-order valence-corrected chi connectivity index (χ4v) is 3.25. The molecule has 1 saturated carbocycles. The number of urea groups is 1. The van der Waals surface area contributed by atoms with Gasteiger partial charge in [-0.3, -0.25) is 0 Å². The van der Waals surface area contributed by atoms with Gasteiger partial charge in [0.1, 0.15) is 5.54 Å². The largest absolute Gasteiger partial charge is 0.480 e. The lowest BCUT2D eigenvalue weighted by molar-refractivity contribution is -0.146. The van der Waals surface area contributed by atoms with Crippen LogP contribution in [0.3, 0.4) is 0 Å². The number of ether oxygens (including phenoxy) is 1. The minimum absolute atomic E-state index is 0.277. The first-order valence-corrected chi connectivity index (χ1v) is 9.06. The first-order valence-electron chi connectivity index (χ1n) is 9.06. The fourth-order valence-electron chi connectivity index (χ4n) is 3.25. The summed E-state index contributed by atoms with van der Waals surface area (Å²) in [7, 11) is 0. The first kappa shape index (κ1) is 19.3. The summed E-state index contributed by atoms with van der Waals surface area (Å²) in [6.07, 6.45) is 3.19. The van der Waals surface area contributed by atoms with E-state index in [1.807, 2.05) is 13.8 Å². The summed E-state index contributed by atoms with van der Waals surface area (Å²) in [4.78, 5) is 39.2. The summed E-state index contributed by atoms with van der Waals surface area (Å²) in [5, 5.41) is 12.3. The van der Waals surface area contributed by atoms with Crippen molar-refractivity contribution in [2.75, 3.05) is 32.8 Å². The number of carbonyl (C=O) groups excluding carboxylic acids is 2. The van der Waals surface area contributed by atoms with Crippen LogP contribution in [0.15, 0.2) is 0 Å². The monoisotopic (exact) mass is 355 g/mol. The number of amides is 3. The van der Waals surface area contributed by atoms with Crippen molar-refractivity contribution in [1.82, 2.24) is 15.1 Å². The summed E-state index contributed by atoms with van der Waals surface area (Å²) >= 11 is 0. The van der Waals surface area contributed by atoms with Gasteiger partial charge >= 0.3 is 18.1 Å². The SMILES string of the molecule is CC(C)COC(=O)N1CCN(C(=O)NC2(C(=O)O)CCCCC2)CC1. The van der Waals surface area contributed by atoms with Crippen molar-refractivity contribution >= 4 is 18.1 Å². The van der Waals surface area contributed by atoms with E-state index < -0.39 is 11.5 Å². The molecule has 8 heteroatoms. The third-order valence-corrected chi connectivity index (χ3v) is 4.83. The average Bonchev–Trinajstić information content (AvgIpc) is 2.60. The Bertz CT molecular complexity index is 495. The van der Waals surface area contributed by atoms with Crippen molar-refractivity contribution < 1.29 is 24.2 Å². The second kappa shape index (κ2) is 8.40. The van der Waals surface area contributed by atoms with Gasteiger partial charge in [0.2, 0.25) is 0 Å². The smallest absolute Gasteiger partial charge is 0.409 e. The molecule has 142 valence electrons. The van der Waals surface area contributed by atoms with E-state index in [1.165, 1.54) is 0 Å². The van der Waals surface area contributed by atoms with Gasteiger partial charge in [0.05, 0.1) is 6.61 Å². The number of carboxylic acid groups (broad SMARTS) is 1. The van der Waals surface area contributed by atoms with Gasteiger partial charge in [0.25, 0.3) is 0 Å². The number of hydrogen-bond donors (Lipinski definition) is 2. The summed E-state index contributed by atoms with van der Waals surface area (Å²) in [6.45, 7) is 5.85. The number of nitrogens with zero attached hydrogens (tertiary/aromatic N) is 2. The maximum absolute atomic E-state index is 12.5. The molecule has 25 heavy (non-hydrogen) atoms. The molecule has 0 bridgehead atoms. The minimum Gasteiger partial charge on any atom is -0.480 e. The molecule has 0 aromatic rings. The molecule has 1 saturated heterocycles. The zero-order valence-electron chi connectivity index (χ0n) is 15.1. The van der Waals surface area contributed by atoms with Gasteiger partial charge in [-0.2, -0.15) is 0 Å². The van der Waals surface area contributed by atoms with E-state index in [9.17, 15) is 19.5 Å². The van der Waals surface area contributed by atoms with Crippen LogP contribution in [-0.2, 0) is 9.53 Å². The molecule has 2 aliphatic rings. The summed E-state index contributed by atoms with van der Waals surface area (Å²) < 4.78 is 5.20. The molecule has 3 amide bonds. The third-order valence-electron chi connectivity index (χ3n) is 4.83. The summed E-state index contributed by atoms with van der Waals surface area (Å²) in [6, 6.07) is -0.362. The Morgan fingerprint density at radius 3 is 2.12 bits per heavy atom. The number of piperazine rings is 1. The lowest BCUT2D eigenvalue weighted by atomic mass is 9.82. The van der Waals surface area contributed by atoms with Gasteiger partial charge in [0.15, 0.2) is 0 Å². The molecule has 0 unspecified atom stereocenters. The van der Waals surface area contributed by atoms with Crippen molar-refractivity contribution in [3.8, 4) is 0 Å². The molecule has 0 spiro atoms. The molecule has 0 aromatic carbocycles. The molecule has 2 N–H and O–H groups in total. The molecule has 1 aliphatic heterocycles. The molecule has 2 fully saturated rings. The molecule has 1 aliphatic carbocycles. The number of carboxylic acids is 1. The van der Waals surface area contributed by atoms with Crippen LogP contribution in [0.5, 0.6) is 0 Å². The predicted octanol–water partition coefficient (Wildman–Crippen LogP) is 1.89. The van der Waals surface area contributed by atoms with E-state index in [2.05, 4.69) is 5.32 Å². The normalized spacial score (nSPS) is 20.3. The fraction of sp³-hybridized carbons (Fsp3) is 0.824. The second-order valence-electron chi connectivity index (χ2n) is 7.32. The Kier molecular flexibility index (Phi) is 6.50. The zero-order valence-corrected chi connectivity index (χ0v) is 15.1. The average molecular weight is 355 g/mol. The van der Waals surface area contributed by atoms with Crippen molar-refractivity contribution in [1.29, 1.82) is 0 Å². The Balaban J connectivity index is 1.84. The van der Waals surface area contributed by atoms with E-state index in [0.717, 1.165) is 19.3 Å². The van der Waals surface area contributed by atoms with Crippen LogP contribution < -0.4 is 5.32 Å². The van der Waals surface area contributed by atoms with Crippen molar-refractivity contribution in [3.63, 3.8) is 0 Å². The molecular formula is C17H29N3O5. The standard InChI is InChI=1S/C17H29N3O5/c1-13(2)12-25-16(24)20-10-8-19(9-11-20)15(23)18-17(14(21)22)6-4-3-5-7-17/h13H,3-12H2,1-2H3,(H,18,23)(H,21,22). The molecule has 2 rings (SSSR count). The maximum atomic E-state index is 12.5. The van der Waals surface area contributed by atoms with Gasteiger partial charge in [-0.25, -0.2) is 14.4 Å². The molecule has 8 nitrogen and oxygen atoms in total. The van der Waals surface area contributed by atoms with Crippen molar-refractivity contribution in [2.45, 2.75) is 51.5 Å². The van der Waals surface area contributed by atoms with Crippen LogP contribution in [0.25, 0.3) is 0 Å². The summed E-state index contributed by atoms with van der Waals surface area (Å²) in [5.74, 6) is -0.685. The van der Waals surface area contributed by atoms with Crippen molar-refractivity contribution in [3.05, 3.63) is 0 Å². The van der Waals surface area contributed by atoms with Crippen LogP contribution in [-0.4, -0.2) is 71.3 Å². The van der Waals surface area contributed by atoms with Gasteiger partial charge in [-0.15, -0.1) is 0 Å². The Morgan fingerprint density at radius 1 is 1.04 bits per heavy atom. The van der Waals surface area contributed by atoms with Gasteiger partial charge in [-0.1, -0.05) is 33.1 Å². The number of nitrogens with one attached hydrogen (secondary N) is 1. The molecule has 0 atom stereocenters. The van der Waals surface area contributed by atoms with Crippen LogP contribution in [0, 0.1) is 5.92 Å². The Labute approximate surface area is 148 Å². The third kappa shape index (κ3) is 4.99. The van der Waals surface area contributed by atoms with Crippen LogP contribution in [0.2, 0.25) is 0 Å². The highest BCUT2D eigenvalue weighted by Gasteiger charge is 2.42. The van der Waals surface area contributed by atoms with Crippen LogP contribution >= 0.6 is 0 Å². The number of aliphatic carboxylic acids is 1. The van der Waals surface area contributed by atoms with E-state index in [1.54, 1.807) is 9.80 Å². The van der Waals surface area contributed by atoms with E-state index >= 15 is 0 Å². The summed E-state index contributed by atoms with van der Waals surface area (Å²) in [5.41, 5.74) is -1.15. The minimum atomic E-state index is -1.15. The number of rotatable bonds is 4. The molecule has 1 heterocycles. The van der Waals surface area contributed by atoms with Crippen LogP contribution in [0.4, 0.5) is 9.59 Å². The molecular weight excluding hydrogens is 326 g/mol. The predicted molar refractivity (Wildman–Crippen MR) is 91.3 cm³/mol. The second-order valence-corrected chi connectivity index (χ2v) is 7.32. The maximum Gasteiger partial charge on any atom is 0.409 e. The highest BCUT2D eigenvalue weighted by molar-refractivity contribution is 5.86. The van der Waals surface area contributed by atoms with E-state index in [4.69, 9.17) is 4.74 Å². The van der Waals surface area contributed by atoms with E-state index in [0.29, 0.717) is 45.6 Å². The van der Waals surface area contributed by atoms with Gasteiger partial charge in [0, 0.05) is 26.2 Å². The Hall–Kier alpha value is -1.99. The first-order chi connectivity index (χ1) is 11.8. The number of carbonyl (C=O) groups is 3. The quantitative estimate of drug-likeness (QED) is 0.802. The molecule has 0 aromatic heterocycles. The Morgan fingerprint density at radius 2 is 1.60 bits per heavy atom. The van der Waals surface area contributed by atoms with Gasteiger partial charge in [-0.05, 0) is 18.8 Å².